The van der Waals surface area contributed by atoms with Crippen molar-refractivity contribution >= 4 is 17.7 Å². The summed E-state index contributed by atoms with van der Waals surface area (Å²) >= 11 is 2.09. The lowest BCUT2D eigenvalue weighted by Gasteiger charge is -2.34. The summed E-state index contributed by atoms with van der Waals surface area (Å²) in [6.45, 7) is 10.4. The van der Waals surface area contributed by atoms with Crippen molar-refractivity contribution in [1.82, 2.24) is 10.2 Å². The van der Waals surface area contributed by atoms with Crippen molar-refractivity contribution in [3.05, 3.63) is 0 Å². The molecule has 0 radical (unpaired) electrons. The Balaban J connectivity index is 2.31. The van der Waals surface area contributed by atoms with Crippen molar-refractivity contribution in [1.29, 1.82) is 0 Å². The van der Waals surface area contributed by atoms with Gasteiger partial charge in [0.15, 0.2) is 5.96 Å². The van der Waals surface area contributed by atoms with Crippen molar-refractivity contribution in [3.8, 4) is 0 Å². The Kier molecular flexibility index (Phi) is 10.7. The Morgan fingerprint density at radius 3 is 2.90 bits per heavy atom. The van der Waals surface area contributed by atoms with E-state index in [1.54, 1.807) is 7.11 Å². The molecule has 1 rings (SSSR count). The van der Waals surface area contributed by atoms with Crippen molar-refractivity contribution in [2.75, 3.05) is 58.9 Å². The predicted molar refractivity (Wildman–Crippen MR) is 91.4 cm³/mol. The molecule has 1 unspecified atom stereocenters. The Morgan fingerprint density at radius 1 is 1.33 bits per heavy atom. The van der Waals surface area contributed by atoms with E-state index in [4.69, 9.17) is 14.5 Å². The second-order valence-electron chi connectivity index (χ2n) is 5.04. The highest BCUT2D eigenvalue weighted by Gasteiger charge is 2.21. The first-order valence-electron chi connectivity index (χ1n) is 8.03. The summed E-state index contributed by atoms with van der Waals surface area (Å²) in [4.78, 5) is 7.14. The molecule has 6 heteroatoms. The lowest BCUT2D eigenvalue weighted by molar-refractivity contribution is 0.0702. The topological polar surface area (TPSA) is 46.1 Å². The van der Waals surface area contributed by atoms with Crippen LogP contribution < -0.4 is 5.32 Å². The summed E-state index contributed by atoms with van der Waals surface area (Å²) in [5.74, 6) is 2.26. The molecule has 0 aromatic heterocycles. The van der Waals surface area contributed by atoms with Gasteiger partial charge in [-0.1, -0.05) is 6.92 Å². The van der Waals surface area contributed by atoms with Gasteiger partial charge in [0.25, 0.3) is 0 Å². The van der Waals surface area contributed by atoms with Crippen LogP contribution in [0.5, 0.6) is 0 Å². The minimum atomic E-state index is 0.662. The van der Waals surface area contributed by atoms with Gasteiger partial charge in [0.1, 0.15) is 0 Å². The number of rotatable bonds is 9. The fraction of sp³-hybridized carbons (Fsp3) is 0.933. The van der Waals surface area contributed by atoms with Crippen LogP contribution in [0.4, 0.5) is 0 Å². The van der Waals surface area contributed by atoms with E-state index in [1.807, 2.05) is 0 Å². The predicted octanol–water partition coefficient (Wildman–Crippen LogP) is 1.83. The number of thioether (sulfide) groups is 1. The Bertz CT molecular complexity index is 290. The summed E-state index contributed by atoms with van der Waals surface area (Å²) in [5.41, 5.74) is 0. The van der Waals surface area contributed by atoms with E-state index in [-0.39, 0.29) is 0 Å². The molecule has 0 bridgehead atoms. The zero-order valence-electron chi connectivity index (χ0n) is 13.8. The van der Waals surface area contributed by atoms with Crippen molar-refractivity contribution in [2.24, 2.45) is 4.99 Å². The second kappa shape index (κ2) is 12.1. The van der Waals surface area contributed by atoms with Crippen LogP contribution in [-0.2, 0) is 9.47 Å². The van der Waals surface area contributed by atoms with Gasteiger partial charge in [-0.25, -0.2) is 0 Å². The molecule has 0 aromatic carbocycles. The first kappa shape index (κ1) is 18.6. The summed E-state index contributed by atoms with van der Waals surface area (Å²) in [6, 6.07) is 0. The number of nitrogens with one attached hydrogen (secondary N) is 1. The first-order chi connectivity index (χ1) is 10.3. The lowest BCUT2D eigenvalue weighted by Crippen LogP contribution is -2.48. The van der Waals surface area contributed by atoms with Crippen LogP contribution in [0.3, 0.4) is 0 Å². The molecule has 5 nitrogen and oxygen atoms in total. The lowest BCUT2D eigenvalue weighted by atomic mass is 10.3. The van der Waals surface area contributed by atoms with E-state index in [0.717, 1.165) is 50.4 Å². The number of guanidine groups is 1. The van der Waals surface area contributed by atoms with Gasteiger partial charge in [-0.3, -0.25) is 4.99 Å². The molecule has 1 N–H and O–H groups in total. The molecule has 21 heavy (non-hydrogen) atoms. The summed E-state index contributed by atoms with van der Waals surface area (Å²) < 4.78 is 10.4. The molecule has 1 aliphatic rings. The number of aliphatic imine (C=N–C) groups is 1. The molecule has 1 aliphatic heterocycles. The van der Waals surface area contributed by atoms with Gasteiger partial charge < -0.3 is 19.7 Å². The van der Waals surface area contributed by atoms with Crippen molar-refractivity contribution in [2.45, 2.75) is 31.9 Å². The highest BCUT2D eigenvalue weighted by Crippen LogP contribution is 2.20. The maximum absolute atomic E-state index is 5.46. The Morgan fingerprint density at radius 2 is 2.19 bits per heavy atom. The molecule has 1 atom stereocenters. The van der Waals surface area contributed by atoms with Gasteiger partial charge in [-0.2, -0.15) is 11.8 Å². The maximum atomic E-state index is 5.46. The molecule has 1 heterocycles. The molecule has 0 aliphatic carbocycles. The van der Waals surface area contributed by atoms with Gasteiger partial charge in [0.2, 0.25) is 0 Å². The third-order valence-corrected chi connectivity index (χ3v) is 4.74. The van der Waals surface area contributed by atoms with E-state index in [9.17, 15) is 0 Å². The quantitative estimate of drug-likeness (QED) is 0.399. The first-order valence-corrected chi connectivity index (χ1v) is 9.08. The molecule has 1 fully saturated rings. The molecule has 0 amide bonds. The van der Waals surface area contributed by atoms with Crippen molar-refractivity contribution in [3.63, 3.8) is 0 Å². The summed E-state index contributed by atoms with van der Waals surface area (Å²) in [5, 5.41) is 4.15. The van der Waals surface area contributed by atoms with E-state index in [1.165, 1.54) is 12.2 Å². The van der Waals surface area contributed by atoms with Crippen LogP contribution in [0, 0.1) is 0 Å². The number of ether oxygens (including phenoxy) is 2. The minimum Gasteiger partial charge on any atom is -0.382 e. The van der Waals surface area contributed by atoms with E-state index in [0.29, 0.717) is 13.2 Å². The molecule has 124 valence electrons. The van der Waals surface area contributed by atoms with Gasteiger partial charge >= 0.3 is 0 Å². The molecular weight excluding hydrogens is 286 g/mol. The van der Waals surface area contributed by atoms with E-state index < -0.39 is 0 Å². The number of hydrogen-bond donors (Lipinski definition) is 1. The average molecular weight is 317 g/mol. The fourth-order valence-corrected chi connectivity index (χ4v) is 3.36. The largest absolute Gasteiger partial charge is 0.382 e. The zero-order valence-corrected chi connectivity index (χ0v) is 14.6. The minimum absolute atomic E-state index is 0.662. The Hall–Kier alpha value is -0.460. The maximum Gasteiger partial charge on any atom is 0.193 e. The fourth-order valence-electron chi connectivity index (χ4n) is 2.18. The van der Waals surface area contributed by atoms with Crippen LogP contribution in [-0.4, -0.2) is 75.0 Å². The average Bonchev–Trinajstić information content (AvgIpc) is 2.53. The van der Waals surface area contributed by atoms with Crippen molar-refractivity contribution < 1.29 is 9.47 Å². The van der Waals surface area contributed by atoms with Crippen LogP contribution in [0.1, 0.15) is 26.7 Å². The van der Waals surface area contributed by atoms with Gasteiger partial charge in [0, 0.05) is 50.9 Å². The number of hydrogen-bond acceptors (Lipinski definition) is 4. The highest BCUT2D eigenvalue weighted by molar-refractivity contribution is 8.00. The summed E-state index contributed by atoms with van der Waals surface area (Å²) in [7, 11) is 1.69. The SMILES string of the molecule is CCNC(=NCCCOCCOC)N1CCSC(CC)C1. The normalized spacial score (nSPS) is 19.9. The smallest absolute Gasteiger partial charge is 0.193 e. The van der Waals surface area contributed by atoms with E-state index >= 15 is 0 Å². The highest BCUT2D eigenvalue weighted by atomic mass is 32.2. The third-order valence-electron chi connectivity index (χ3n) is 3.37. The van der Waals surface area contributed by atoms with Gasteiger partial charge in [0.05, 0.1) is 13.2 Å². The Labute approximate surface area is 133 Å². The second-order valence-corrected chi connectivity index (χ2v) is 6.45. The molecule has 1 saturated heterocycles. The standard InChI is InChI=1S/C15H31N3O2S/c1-4-14-13-18(8-12-21-14)15(16-5-2)17-7-6-9-20-11-10-19-3/h14H,4-13H2,1-3H3,(H,16,17). The van der Waals surface area contributed by atoms with Crippen LogP contribution in [0.25, 0.3) is 0 Å². The van der Waals surface area contributed by atoms with Crippen LogP contribution in [0.2, 0.25) is 0 Å². The van der Waals surface area contributed by atoms with Gasteiger partial charge in [-0.15, -0.1) is 0 Å². The summed E-state index contributed by atoms with van der Waals surface area (Å²) in [6.07, 6.45) is 2.19. The monoisotopic (exact) mass is 317 g/mol. The van der Waals surface area contributed by atoms with Crippen LogP contribution in [0.15, 0.2) is 4.99 Å². The molecule has 0 saturated carbocycles. The molecule has 0 spiro atoms. The molecular formula is C15H31N3O2S. The number of methoxy groups -OCH3 is 1. The number of nitrogens with zero attached hydrogens (tertiary/aromatic N) is 2. The molecule has 0 aromatic rings. The van der Waals surface area contributed by atoms with E-state index in [2.05, 4.69) is 35.8 Å². The third kappa shape index (κ3) is 7.93. The zero-order chi connectivity index (χ0) is 15.3. The van der Waals surface area contributed by atoms with Crippen LogP contribution >= 0.6 is 11.8 Å². The van der Waals surface area contributed by atoms with Gasteiger partial charge in [-0.05, 0) is 19.8 Å².